The number of aryl methyl sites for hydroxylation is 1. The summed E-state index contributed by atoms with van der Waals surface area (Å²) in [5.41, 5.74) is 7.76. The molecule has 2 aromatic rings. The third kappa shape index (κ3) is 2.97. The Morgan fingerprint density at radius 2 is 2.11 bits per heavy atom. The molecule has 2 aromatic heterocycles. The van der Waals surface area contributed by atoms with Gasteiger partial charge in [-0.2, -0.15) is 0 Å². The first-order valence-corrected chi connectivity index (χ1v) is 9.03. The molecule has 0 aliphatic carbocycles. The molecule has 0 saturated carbocycles. The average molecular weight is 386 g/mol. The molecule has 2 saturated heterocycles. The zero-order valence-electron chi connectivity index (χ0n) is 16.1. The van der Waals surface area contributed by atoms with Crippen molar-refractivity contribution >= 4 is 17.0 Å². The average Bonchev–Trinajstić information content (AvgIpc) is 3.30. The number of aromatic nitrogens is 4. The quantitative estimate of drug-likeness (QED) is 0.258. The molecule has 1 unspecified atom stereocenters. The fourth-order valence-electron chi connectivity index (χ4n) is 3.56. The molecule has 2 aliphatic heterocycles. The van der Waals surface area contributed by atoms with Crippen LogP contribution in [0.15, 0.2) is 11.5 Å². The van der Waals surface area contributed by atoms with E-state index in [9.17, 15) is 0 Å². The summed E-state index contributed by atoms with van der Waals surface area (Å²) < 4.78 is 19.8. The molecule has 4 atom stereocenters. The van der Waals surface area contributed by atoms with Gasteiger partial charge in [0.2, 0.25) is 5.82 Å². The number of hydrogen-bond acceptors (Lipinski definition) is 8. The van der Waals surface area contributed by atoms with Crippen LogP contribution in [0.25, 0.3) is 11.2 Å². The third-order valence-corrected chi connectivity index (χ3v) is 4.68. The van der Waals surface area contributed by atoms with Crippen molar-refractivity contribution in [1.82, 2.24) is 19.5 Å². The molecule has 0 amide bonds. The van der Waals surface area contributed by atoms with Gasteiger partial charge in [-0.25, -0.2) is 15.0 Å². The zero-order valence-corrected chi connectivity index (χ0v) is 16.1. The van der Waals surface area contributed by atoms with Gasteiger partial charge in [0.1, 0.15) is 23.8 Å². The van der Waals surface area contributed by atoms with Gasteiger partial charge >= 0.3 is 0 Å². The van der Waals surface area contributed by atoms with Crippen molar-refractivity contribution in [2.75, 3.05) is 0 Å². The molecule has 4 heterocycles. The number of rotatable bonds is 2. The summed E-state index contributed by atoms with van der Waals surface area (Å²) in [6.45, 7) is 7.43. The van der Waals surface area contributed by atoms with Crippen LogP contribution in [0.1, 0.15) is 44.9 Å². The van der Waals surface area contributed by atoms with Gasteiger partial charge in [-0.15, -0.1) is 0 Å². The lowest BCUT2D eigenvalue weighted by atomic mass is 10.1. The molecule has 10 nitrogen and oxygen atoms in total. The van der Waals surface area contributed by atoms with E-state index in [4.69, 9.17) is 25.2 Å². The Labute approximate surface area is 161 Å². The van der Waals surface area contributed by atoms with Gasteiger partial charge in [-0.05, 0) is 26.7 Å². The molecule has 148 valence electrons. The lowest BCUT2D eigenvalue weighted by Crippen LogP contribution is -2.40. The maximum absolute atomic E-state index is 9.12. The summed E-state index contributed by atoms with van der Waals surface area (Å²) >= 11 is 0. The van der Waals surface area contributed by atoms with Gasteiger partial charge in [0, 0.05) is 6.42 Å². The monoisotopic (exact) mass is 386 g/mol. The highest BCUT2D eigenvalue weighted by Crippen LogP contribution is 2.43. The third-order valence-electron chi connectivity index (χ3n) is 4.68. The summed E-state index contributed by atoms with van der Waals surface area (Å²) in [5.74, 6) is 5.43. The predicted molar refractivity (Wildman–Crippen MR) is 98.4 cm³/mol. The van der Waals surface area contributed by atoms with E-state index >= 15 is 0 Å². The summed E-state index contributed by atoms with van der Waals surface area (Å²) in [6.07, 6.45) is -0.0793. The molecule has 4 rings (SSSR count). The minimum atomic E-state index is -0.829. The first kappa shape index (κ1) is 18.6. The molecule has 0 spiro atoms. The van der Waals surface area contributed by atoms with Crippen LogP contribution in [-0.4, -0.2) is 54.7 Å². The van der Waals surface area contributed by atoms with E-state index in [1.807, 2.05) is 27.7 Å². The van der Waals surface area contributed by atoms with E-state index in [1.54, 1.807) is 10.9 Å². The topological polar surface area (TPSA) is 130 Å². The molecule has 0 aromatic carbocycles. The Kier molecular flexibility index (Phi) is 4.45. The van der Waals surface area contributed by atoms with Crippen molar-refractivity contribution in [3.63, 3.8) is 0 Å². The van der Waals surface area contributed by atoms with Crippen molar-refractivity contribution in [2.24, 2.45) is 10.9 Å². The number of nitrogens with two attached hydrogens (primary N) is 1. The number of nitrogens with zero attached hydrogens (tertiary/aromatic N) is 5. The Morgan fingerprint density at radius 1 is 1.36 bits per heavy atom. The second-order valence-corrected chi connectivity index (χ2v) is 7.15. The smallest absolute Gasteiger partial charge is 0.207 e. The van der Waals surface area contributed by atoms with Crippen LogP contribution in [0.5, 0.6) is 0 Å². The van der Waals surface area contributed by atoms with E-state index in [-0.39, 0.29) is 5.84 Å². The largest absolute Gasteiger partial charge is 0.409 e. The standard InChI is InChI=1S/C18H22N6O4/c1-5-6-7-10-21-9(2)11-16(22-10)24(8-20-11)17-14-12(27-18(3,4)28-14)13(26-17)15(19)23-25/h8,12-14,17,25H,5H2,1-4H3,(H2,19,23)/t12-,13-,14?,17+/m0/s1. The predicted octanol–water partition coefficient (Wildman–Crippen LogP) is 1.06. The highest BCUT2D eigenvalue weighted by Gasteiger charge is 2.57. The van der Waals surface area contributed by atoms with Crippen LogP contribution in [0.2, 0.25) is 0 Å². The van der Waals surface area contributed by atoms with Gasteiger partial charge in [0.05, 0.1) is 12.0 Å². The van der Waals surface area contributed by atoms with Crippen LogP contribution in [0, 0.1) is 18.8 Å². The molecular weight excluding hydrogens is 364 g/mol. The van der Waals surface area contributed by atoms with Gasteiger partial charge in [-0.1, -0.05) is 18.0 Å². The van der Waals surface area contributed by atoms with Crippen LogP contribution < -0.4 is 5.73 Å². The van der Waals surface area contributed by atoms with Crippen LogP contribution >= 0.6 is 0 Å². The van der Waals surface area contributed by atoms with E-state index in [2.05, 4.69) is 31.9 Å². The molecule has 2 fully saturated rings. The second-order valence-electron chi connectivity index (χ2n) is 7.15. The minimum Gasteiger partial charge on any atom is -0.409 e. The normalized spacial score (nSPS) is 28.9. The zero-order chi connectivity index (χ0) is 20.1. The lowest BCUT2D eigenvalue weighted by molar-refractivity contribution is -0.189. The molecular formula is C18H22N6O4. The van der Waals surface area contributed by atoms with Crippen LogP contribution in [-0.2, 0) is 14.2 Å². The minimum absolute atomic E-state index is 0.0801. The van der Waals surface area contributed by atoms with E-state index < -0.39 is 30.3 Å². The van der Waals surface area contributed by atoms with Gasteiger partial charge in [-0.3, -0.25) is 4.57 Å². The van der Waals surface area contributed by atoms with Crippen molar-refractivity contribution in [3.8, 4) is 11.8 Å². The first-order chi connectivity index (χ1) is 13.3. The highest BCUT2D eigenvalue weighted by atomic mass is 16.8. The highest BCUT2D eigenvalue weighted by molar-refractivity contribution is 5.85. The number of hydrogen-bond donors (Lipinski definition) is 2. The Hall–Kier alpha value is -2.74. The van der Waals surface area contributed by atoms with E-state index in [0.717, 1.165) is 5.69 Å². The van der Waals surface area contributed by atoms with E-state index in [1.165, 1.54) is 0 Å². The number of amidine groups is 1. The maximum Gasteiger partial charge on any atom is 0.207 e. The second kappa shape index (κ2) is 6.70. The number of ether oxygens (including phenoxy) is 3. The Balaban J connectivity index is 1.79. The molecule has 0 bridgehead atoms. The van der Waals surface area contributed by atoms with E-state index in [0.29, 0.717) is 23.4 Å². The molecule has 28 heavy (non-hydrogen) atoms. The fraction of sp³-hybridized carbons (Fsp3) is 0.556. The molecule has 10 heteroatoms. The fourth-order valence-corrected chi connectivity index (χ4v) is 3.56. The molecule has 0 radical (unpaired) electrons. The first-order valence-electron chi connectivity index (χ1n) is 9.03. The Morgan fingerprint density at radius 3 is 2.82 bits per heavy atom. The van der Waals surface area contributed by atoms with Crippen molar-refractivity contribution < 1.29 is 19.4 Å². The van der Waals surface area contributed by atoms with Gasteiger partial charge in [0.25, 0.3) is 0 Å². The summed E-state index contributed by atoms with van der Waals surface area (Å²) in [6, 6.07) is 0. The SMILES string of the molecule is CCC#Cc1nc(C)c2ncn([C@@H]3O[C@H](/C(N)=N/O)[C@@H]4OC(C)(C)OC43)c2n1. The number of fused-ring (bicyclic) bond motifs is 2. The number of imidazole rings is 1. The van der Waals surface area contributed by atoms with Gasteiger partial charge < -0.3 is 25.2 Å². The van der Waals surface area contributed by atoms with Crippen molar-refractivity contribution in [1.29, 1.82) is 0 Å². The maximum atomic E-state index is 9.12. The number of oxime groups is 1. The van der Waals surface area contributed by atoms with Crippen molar-refractivity contribution in [2.45, 2.75) is 64.4 Å². The summed E-state index contributed by atoms with van der Waals surface area (Å²) in [7, 11) is 0. The molecule has 2 aliphatic rings. The van der Waals surface area contributed by atoms with Crippen LogP contribution in [0.3, 0.4) is 0 Å². The summed E-state index contributed by atoms with van der Waals surface area (Å²) in [4.78, 5) is 13.4. The lowest BCUT2D eigenvalue weighted by Gasteiger charge is -2.24. The summed E-state index contributed by atoms with van der Waals surface area (Å²) in [5, 5.41) is 12.2. The van der Waals surface area contributed by atoms with Crippen LogP contribution in [0.4, 0.5) is 0 Å². The van der Waals surface area contributed by atoms with Crippen molar-refractivity contribution in [3.05, 3.63) is 17.8 Å². The van der Waals surface area contributed by atoms with Gasteiger partial charge in [0.15, 0.2) is 23.5 Å². The Bertz CT molecular complexity index is 1000. The molecule has 3 N–H and O–H groups in total.